The number of phosphoric acid groups is 1. The van der Waals surface area contributed by atoms with Crippen LogP contribution < -0.4 is 4.89 Å². The first-order valence-corrected chi connectivity index (χ1v) is 24.1. The van der Waals surface area contributed by atoms with Crippen LogP contribution in [-0.2, 0) is 23.2 Å². The Morgan fingerprint density at radius 3 is 1.11 bits per heavy atom. The third kappa shape index (κ3) is 28.7. The number of carbonyl (C=O) groups is 2. The molecule has 1 unspecified atom stereocenters. The molecular weight excluding hydrogens is 701 g/mol. The Morgan fingerprint density at radius 1 is 0.574 bits per heavy atom. The van der Waals surface area contributed by atoms with Gasteiger partial charge in [-0.1, -0.05) is 194 Å². The lowest BCUT2D eigenvalue weighted by Crippen LogP contribution is -2.59. The van der Waals surface area contributed by atoms with Gasteiger partial charge in [-0.25, -0.2) is 0 Å². The van der Waals surface area contributed by atoms with Crippen molar-refractivity contribution in [2.24, 2.45) is 0 Å². The summed E-state index contributed by atoms with van der Waals surface area (Å²) in [6, 6.07) is 0. The van der Waals surface area contributed by atoms with Gasteiger partial charge in [0, 0.05) is 12.8 Å². The van der Waals surface area contributed by atoms with E-state index in [0.717, 1.165) is 51.4 Å². The van der Waals surface area contributed by atoms with Crippen molar-refractivity contribution >= 4 is 19.4 Å². The highest BCUT2D eigenvalue weighted by atomic mass is 31.2. The third-order valence-corrected chi connectivity index (χ3v) is 11.8. The van der Waals surface area contributed by atoms with Crippen LogP contribution in [0.5, 0.6) is 0 Å². The van der Waals surface area contributed by atoms with Crippen molar-refractivity contribution in [2.45, 2.75) is 231 Å². The fourth-order valence-electron chi connectivity index (χ4n) is 7.13. The molecule has 0 bridgehead atoms. The summed E-state index contributed by atoms with van der Waals surface area (Å²) in [6.45, 7) is 3.63. The number of quaternary nitrogens is 1. The van der Waals surface area contributed by atoms with Crippen molar-refractivity contribution in [3.8, 4) is 0 Å². The van der Waals surface area contributed by atoms with Crippen molar-refractivity contribution in [1.82, 2.24) is 0 Å². The molecule has 0 spiro atoms. The lowest BCUT2D eigenvalue weighted by Gasteiger charge is -2.39. The molecule has 0 amide bonds. The molecule has 0 heterocycles. The summed E-state index contributed by atoms with van der Waals surface area (Å²) in [7, 11) is 0.432. The van der Waals surface area contributed by atoms with E-state index >= 15 is 0 Å². The zero-order valence-electron chi connectivity index (χ0n) is 36.1. The monoisotopic (exact) mass is 790 g/mol. The number of ketones is 2. The first-order chi connectivity index (χ1) is 25.9. The number of rotatable bonds is 42. The van der Waals surface area contributed by atoms with Crippen LogP contribution in [0.3, 0.4) is 0 Å². The Balaban J connectivity index is 4.92. The van der Waals surface area contributed by atoms with Gasteiger partial charge in [0.25, 0.3) is 7.82 Å². The largest absolute Gasteiger partial charge is 0.756 e. The second kappa shape index (κ2) is 34.4. The number of aliphatic hydroxyl groups excluding tert-OH is 2. The average Bonchev–Trinajstić information content (AvgIpc) is 3.12. The Labute approximate surface area is 333 Å². The van der Waals surface area contributed by atoms with Gasteiger partial charge in [0.1, 0.15) is 19.3 Å². The van der Waals surface area contributed by atoms with Crippen LogP contribution in [0.4, 0.5) is 0 Å². The van der Waals surface area contributed by atoms with Crippen LogP contribution in [0.2, 0.25) is 0 Å². The van der Waals surface area contributed by atoms with E-state index in [2.05, 4.69) is 13.8 Å². The SMILES string of the molecule is CCCCCCCCCCCCCCCCCC(=O)C(OP(=O)([O-])OCC[N+](C)(C)C)(C(=O)CCCCCCCCCCCCCCCCC)[C@@H](O)CO. The summed E-state index contributed by atoms with van der Waals surface area (Å²) >= 11 is 0. The van der Waals surface area contributed by atoms with Crippen molar-refractivity contribution in [1.29, 1.82) is 0 Å². The highest BCUT2D eigenvalue weighted by Crippen LogP contribution is 2.46. The summed E-state index contributed by atoms with van der Waals surface area (Å²) in [5.41, 5.74) is -2.71. The van der Waals surface area contributed by atoms with Crippen LogP contribution in [0.25, 0.3) is 0 Å². The number of phosphoric ester groups is 1. The summed E-state index contributed by atoms with van der Waals surface area (Å²) < 4.78 is 23.9. The number of likely N-dealkylation sites (N-methyl/N-ethyl adjacent to an activating group) is 1. The Morgan fingerprint density at radius 2 is 0.852 bits per heavy atom. The standard InChI is InChI=1S/C44H88NO8P/c1-6-8-10-12-14-16-18-20-22-24-26-28-30-32-34-36-41(47)44(43(49)40-46,53-54(50,51)52-39-38-45(3,4)5)42(48)37-35-33-31-29-27-25-23-21-19-17-15-13-11-9-7-2/h43,46,49H,6-40H2,1-5H3/t43-/m0/s1. The van der Waals surface area contributed by atoms with E-state index in [4.69, 9.17) is 9.05 Å². The van der Waals surface area contributed by atoms with Crippen LogP contribution >= 0.6 is 7.82 Å². The quantitative estimate of drug-likeness (QED) is 0.0270. The maximum atomic E-state index is 13.8. The topological polar surface area (TPSA) is 133 Å². The molecule has 0 aromatic rings. The minimum Gasteiger partial charge on any atom is -0.756 e. The fourth-order valence-corrected chi connectivity index (χ4v) is 8.17. The zero-order valence-corrected chi connectivity index (χ0v) is 37.0. The maximum absolute atomic E-state index is 13.8. The van der Waals surface area contributed by atoms with Crippen LogP contribution in [0.1, 0.15) is 219 Å². The van der Waals surface area contributed by atoms with Gasteiger partial charge in [-0.05, 0) is 12.8 Å². The van der Waals surface area contributed by atoms with Gasteiger partial charge in [0.15, 0.2) is 11.6 Å². The molecule has 0 saturated carbocycles. The van der Waals surface area contributed by atoms with Gasteiger partial charge in [-0.3, -0.25) is 18.7 Å². The molecule has 0 aromatic carbocycles. The molecule has 0 fully saturated rings. The van der Waals surface area contributed by atoms with Gasteiger partial charge >= 0.3 is 0 Å². The Hall–Kier alpha value is -0.670. The summed E-state index contributed by atoms with van der Waals surface area (Å²) in [5.74, 6) is -1.62. The van der Waals surface area contributed by atoms with Crippen LogP contribution in [0.15, 0.2) is 0 Å². The molecule has 2 N–H and O–H groups in total. The highest BCUT2D eigenvalue weighted by Gasteiger charge is 2.53. The summed E-state index contributed by atoms with van der Waals surface area (Å²) in [6.07, 6.45) is 32.5. The molecule has 0 aliphatic rings. The second-order valence-corrected chi connectivity index (χ2v) is 18.4. The van der Waals surface area contributed by atoms with Gasteiger partial charge < -0.3 is 24.1 Å². The minimum absolute atomic E-state index is 0.126. The van der Waals surface area contributed by atoms with E-state index < -0.39 is 37.7 Å². The summed E-state index contributed by atoms with van der Waals surface area (Å²) in [5, 5.41) is 20.9. The smallest absolute Gasteiger partial charge is 0.269 e. The first-order valence-electron chi connectivity index (χ1n) is 22.7. The van der Waals surface area contributed by atoms with Crippen molar-refractivity contribution in [2.75, 3.05) is 40.9 Å². The zero-order chi connectivity index (χ0) is 40.4. The van der Waals surface area contributed by atoms with E-state index in [-0.39, 0.29) is 19.4 Å². The lowest BCUT2D eigenvalue weighted by molar-refractivity contribution is -0.870. The molecular formula is C44H88NO8P. The Bertz CT molecular complexity index is 894. The molecule has 9 nitrogen and oxygen atoms in total. The highest BCUT2D eigenvalue weighted by molar-refractivity contribution is 7.46. The molecule has 0 aliphatic carbocycles. The minimum atomic E-state index is -5.20. The molecule has 2 atom stereocenters. The van der Waals surface area contributed by atoms with Gasteiger partial charge in [0.2, 0.25) is 5.60 Å². The molecule has 0 rings (SSSR count). The first kappa shape index (κ1) is 53.3. The van der Waals surface area contributed by atoms with E-state index in [1.165, 1.54) is 128 Å². The van der Waals surface area contributed by atoms with Crippen molar-refractivity contribution < 1.29 is 42.8 Å². The number of hydrogen-bond donors (Lipinski definition) is 2. The molecule has 322 valence electrons. The lowest BCUT2D eigenvalue weighted by atomic mass is 9.82. The maximum Gasteiger partial charge on any atom is 0.269 e. The van der Waals surface area contributed by atoms with Crippen LogP contribution in [-0.4, -0.2) is 78.9 Å². The van der Waals surface area contributed by atoms with Crippen molar-refractivity contribution in [3.63, 3.8) is 0 Å². The van der Waals surface area contributed by atoms with E-state index in [9.17, 15) is 29.3 Å². The molecule has 0 aromatic heterocycles. The Kier molecular flexibility index (Phi) is 34.0. The second-order valence-electron chi connectivity index (χ2n) is 17.1. The summed E-state index contributed by atoms with van der Waals surface area (Å²) in [4.78, 5) is 40.6. The van der Waals surface area contributed by atoms with E-state index in [0.29, 0.717) is 23.9 Å². The molecule has 10 heteroatoms. The number of unbranched alkanes of at least 4 members (excludes halogenated alkanes) is 28. The molecule has 0 saturated heterocycles. The number of hydrogen-bond acceptors (Lipinski definition) is 8. The molecule has 54 heavy (non-hydrogen) atoms. The van der Waals surface area contributed by atoms with Gasteiger partial charge in [0.05, 0.1) is 27.7 Å². The number of nitrogens with zero attached hydrogens (tertiary/aromatic N) is 1. The number of aliphatic hydroxyl groups is 2. The predicted octanol–water partition coefficient (Wildman–Crippen LogP) is 10.9. The third-order valence-electron chi connectivity index (χ3n) is 10.8. The van der Waals surface area contributed by atoms with E-state index in [1.54, 1.807) is 0 Å². The van der Waals surface area contributed by atoms with Crippen LogP contribution in [0, 0.1) is 0 Å². The average molecular weight is 790 g/mol. The molecule has 0 radical (unpaired) electrons. The van der Waals surface area contributed by atoms with E-state index in [1.807, 2.05) is 21.1 Å². The normalized spacial score (nSPS) is 14.0. The number of carbonyl (C=O) groups excluding carboxylic acids is 2. The van der Waals surface area contributed by atoms with Gasteiger partial charge in [-0.2, -0.15) is 0 Å². The fraction of sp³-hybridized carbons (Fsp3) is 0.955. The van der Waals surface area contributed by atoms with Gasteiger partial charge in [-0.15, -0.1) is 0 Å². The molecule has 0 aliphatic heterocycles. The van der Waals surface area contributed by atoms with Crippen molar-refractivity contribution in [3.05, 3.63) is 0 Å². The predicted molar refractivity (Wildman–Crippen MR) is 222 cm³/mol. The number of Topliss-reactive ketones (excluding diaryl/α,β-unsaturated/α-hetero) is 2.